The van der Waals surface area contributed by atoms with E-state index >= 15 is 0 Å². The fraction of sp³-hybridized carbons (Fsp3) is 0.333. The first kappa shape index (κ1) is 10.7. The van der Waals surface area contributed by atoms with Gasteiger partial charge in [0.1, 0.15) is 12.1 Å². The molecular formula is C12H10N4O2. The second kappa shape index (κ2) is 3.53. The van der Waals surface area contributed by atoms with E-state index in [-0.39, 0.29) is 0 Å². The Morgan fingerprint density at radius 3 is 3.11 bits per heavy atom. The van der Waals surface area contributed by atoms with Crippen LogP contribution in [0.3, 0.4) is 0 Å². The van der Waals surface area contributed by atoms with Crippen molar-refractivity contribution in [1.29, 1.82) is 5.26 Å². The van der Waals surface area contributed by atoms with E-state index in [1.165, 1.54) is 7.11 Å². The fourth-order valence-corrected chi connectivity index (χ4v) is 2.52. The summed E-state index contributed by atoms with van der Waals surface area (Å²) in [6.45, 7) is 0.560. The van der Waals surface area contributed by atoms with Gasteiger partial charge in [-0.05, 0) is 11.1 Å². The Morgan fingerprint density at radius 2 is 2.39 bits per heavy atom. The van der Waals surface area contributed by atoms with Gasteiger partial charge in [-0.3, -0.25) is 5.01 Å². The number of rotatable bonds is 1. The summed E-state index contributed by atoms with van der Waals surface area (Å²) >= 11 is 0. The van der Waals surface area contributed by atoms with E-state index in [1.54, 1.807) is 5.01 Å². The average molecular weight is 242 g/mol. The molecule has 6 nitrogen and oxygen atoms in total. The highest BCUT2D eigenvalue weighted by atomic mass is 16.5. The summed E-state index contributed by atoms with van der Waals surface area (Å²) in [5.74, 6) is -0.669. The predicted octanol–water partition coefficient (Wildman–Crippen LogP) is 1.36. The number of methoxy groups -OCH3 is 1. The van der Waals surface area contributed by atoms with Crippen molar-refractivity contribution >= 4 is 5.97 Å². The van der Waals surface area contributed by atoms with Gasteiger partial charge in [0.15, 0.2) is 0 Å². The molecule has 0 radical (unpaired) electrons. The molecule has 3 rings (SSSR count). The molecule has 2 atom stereocenters. The van der Waals surface area contributed by atoms with E-state index in [0.29, 0.717) is 6.54 Å². The Hall–Kier alpha value is -2.42. The molecule has 2 unspecified atom stereocenters. The number of nitrogens with zero attached hydrogens (tertiary/aromatic N) is 4. The van der Waals surface area contributed by atoms with Gasteiger partial charge in [0, 0.05) is 0 Å². The predicted molar refractivity (Wildman–Crippen MR) is 59.9 cm³/mol. The molecule has 90 valence electrons. The number of hydrogen-bond donors (Lipinski definition) is 0. The molecule has 18 heavy (non-hydrogen) atoms. The monoisotopic (exact) mass is 242 g/mol. The van der Waals surface area contributed by atoms with Crippen LogP contribution in [-0.4, -0.2) is 23.6 Å². The number of nitriles is 1. The van der Waals surface area contributed by atoms with Crippen molar-refractivity contribution < 1.29 is 9.53 Å². The molecule has 0 saturated carbocycles. The lowest BCUT2D eigenvalue weighted by atomic mass is 9.88. The highest BCUT2D eigenvalue weighted by Crippen LogP contribution is 2.47. The highest BCUT2D eigenvalue weighted by Gasteiger charge is 2.58. The normalized spacial score (nSPS) is 27.6. The standard InChI is InChI=1S/C12H10N4O2/c1-18-11(17)12(7-13)10-9-5-3-2-4-8(9)6-16(10)15-14-12/h2-5,10H,6H2,1H3. The van der Waals surface area contributed by atoms with Crippen molar-refractivity contribution in [3.05, 3.63) is 35.4 Å². The van der Waals surface area contributed by atoms with Gasteiger partial charge in [-0.1, -0.05) is 29.5 Å². The lowest BCUT2D eigenvalue weighted by Crippen LogP contribution is -2.42. The van der Waals surface area contributed by atoms with Crippen molar-refractivity contribution in [1.82, 2.24) is 5.01 Å². The molecule has 0 spiro atoms. The Kier molecular flexibility index (Phi) is 2.10. The summed E-state index contributed by atoms with van der Waals surface area (Å²) in [6.07, 6.45) is 0. The second-order valence-electron chi connectivity index (χ2n) is 4.26. The molecule has 0 N–H and O–H groups in total. The van der Waals surface area contributed by atoms with Gasteiger partial charge in [-0.2, -0.15) is 5.26 Å². The molecule has 0 aliphatic carbocycles. The van der Waals surface area contributed by atoms with Crippen LogP contribution >= 0.6 is 0 Å². The van der Waals surface area contributed by atoms with Gasteiger partial charge < -0.3 is 4.74 Å². The molecule has 1 aromatic rings. The third-order valence-electron chi connectivity index (χ3n) is 3.36. The zero-order valence-electron chi connectivity index (χ0n) is 9.70. The molecule has 0 fully saturated rings. The van der Waals surface area contributed by atoms with Crippen molar-refractivity contribution in [3.63, 3.8) is 0 Å². The maximum absolute atomic E-state index is 11.9. The van der Waals surface area contributed by atoms with Crippen LogP contribution in [0.25, 0.3) is 0 Å². The topological polar surface area (TPSA) is 78.0 Å². The molecule has 0 amide bonds. The first-order valence-corrected chi connectivity index (χ1v) is 5.50. The lowest BCUT2D eigenvalue weighted by molar-refractivity contribution is -0.145. The van der Waals surface area contributed by atoms with Gasteiger partial charge in [0.25, 0.3) is 5.54 Å². The molecule has 1 aromatic carbocycles. The molecule has 6 heteroatoms. The van der Waals surface area contributed by atoms with Gasteiger partial charge >= 0.3 is 5.97 Å². The van der Waals surface area contributed by atoms with Crippen molar-refractivity contribution in [2.75, 3.05) is 7.11 Å². The minimum Gasteiger partial charge on any atom is -0.466 e. The molecule has 2 heterocycles. The summed E-state index contributed by atoms with van der Waals surface area (Å²) in [6, 6.07) is 9.13. The minimum absolute atomic E-state index is 0.480. The Balaban J connectivity index is 2.14. The number of esters is 1. The highest BCUT2D eigenvalue weighted by molar-refractivity contribution is 5.86. The quantitative estimate of drug-likeness (QED) is 0.696. The van der Waals surface area contributed by atoms with E-state index in [0.717, 1.165) is 11.1 Å². The van der Waals surface area contributed by atoms with Crippen LogP contribution in [0.4, 0.5) is 0 Å². The maximum atomic E-state index is 11.9. The van der Waals surface area contributed by atoms with Crippen LogP contribution < -0.4 is 0 Å². The molecular weight excluding hydrogens is 232 g/mol. The van der Waals surface area contributed by atoms with Crippen LogP contribution in [0.2, 0.25) is 0 Å². The van der Waals surface area contributed by atoms with Crippen LogP contribution in [0.5, 0.6) is 0 Å². The van der Waals surface area contributed by atoms with E-state index in [2.05, 4.69) is 10.3 Å². The minimum atomic E-state index is -1.58. The Bertz CT molecular complexity index is 592. The number of fused-ring (bicyclic) bond motifs is 3. The molecule has 0 aromatic heterocycles. The van der Waals surface area contributed by atoms with Gasteiger partial charge in [0.05, 0.1) is 13.7 Å². The summed E-state index contributed by atoms with van der Waals surface area (Å²) in [5.41, 5.74) is 0.389. The van der Waals surface area contributed by atoms with Gasteiger partial charge in [0.2, 0.25) is 0 Å². The van der Waals surface area contributed by atoms with Crippen molar-refractivity contribution in [2.45, 2.75) is 18.1 Å². The largest absolute Gasteiger partial charge is 0.466 e. The van der Waals surface area contributed by atoms with Crippen molar-refractivity contribution in [2.24, 2.45) is 10.3 Å². The molecule has 0 bridgehead atoms. The first-order chi connectivity index (χ1) is 8.73. The lowest BCUT2D eigenvalue weighted by Gasteiger charge is -2.22. The summed E-state index contributed by atoms with van der Waals surface area (Å²) in [4.78, 5) is 11.9. The number of carbonyl (C=O) groups is 1. The summed E-state index contributed by atoms with van der Waals surface area (Å²) < 4.78 is 4.71. The number of carbonyl (C=O) groups excluding carboxylic acids is 1. The summed E-state index contributed by atoms with van der Waals surface area (Å²) in [5, 5.41) is 18.8. The third-order valence-corrected chi connectivity index (χ3v) is 3.36. The summed E-state index contributed by atoms with van der Waals surface area (Å²) in [7, 11) is 1.25. The molecule has 2 aliphatic heterocycles. The Labute approximate surface area is 103 Å². The number of hydrogen-bond acceptors (Lipinski definition) is 6. The van der Waals surface area contributed by atoms with E-state index in [1.807, 2.05) is 30.3 Å². The zero-order chi connectivity index (χ0) is 12.8. The number of benzene rings is 1. The van der Waals surface area contributed by atoms with Crippen LogP contribution in [0.1, 0.15) is 17.2 Å². The van der Waals surface area contributed by atoms with Gasteiger partial charge in [-0.15, -0.1) is 5.11 Å². The van der Waals surface area contributed by atoms with Crippen LogP contribution in [-0.2, 0) is 16.1 Å². The fourth-order valence-electron chi connectivity index (χ4n) is 2.52. The van der Waals surface area contributed by atoms with Crippen LogP contribution in [0, 0.1) is 11.3 Å². The average Bonchev–Trinajstić information content (AvgIpc) is 2.95. The maximum Gasteiger partial charge on any atom is 0.353 e. The van der Waals surface area contributed by atoms with E-state index < -0.39 is 17.6 Å². The third kappa shape index (κ3) is 1.13. The number of ether oxygens (including phenoxy) is 1. The first-order valence-electron chi connectivity index (χ1n) is 5.50. The van der Waals surface area contributed by atoms with Gasteiger partial charge in [-0.25, -0.2) is 4.79 Å². The SMILES string of the molecule is COC(=O)C1(C#N)N=NN2Cc3ccccc3C21. The smallest absolute Gasteiger partial charge is 0.353 e. The van der Waals surface area contributed by atoms with E-state index in [4.69, 9.17) is 4.74 Å². The van der Waals surface area contributed by atoms with Crippen molar-refractivity contribution in [3.8, 4) is 6.07 Å². The van der Waals surface area contributed by atoms with E-state index in [9.17, 15) is 10.1 Å². The van der Waals surface area contributed by atoms with Crippen LogP contribution in [0.15, 0.2) is 34.6 Å². The molecule has 2 aliphatic rings. The zero-order valence-corrected chi connectivity index (χ0v) is 9.70. The second-order valence-corrected chi connectivity index (χ2v) is 4.26. The molecule has 0 saturated heterocycles. The Morgan fingerprint density at radius 1 is 1.61 bits per heavy atom.